The van der Waals surface area contributed by atoms with Gasteiger partial charge in [0.2, 0.25) is 0 Å². The van der Waals surface area contributed by atoms with E-state index in [2.05, 4.69) is 5.32 Å². The molecule has 1 heterocycles. The molecule has 2 aliphatic rings. The summed E-state index contributed by atoms with van der Waals surface area (Å²) in [6, 6.07) is 7.83. The molecule has 0 aromatic heterocycles. The molecule has 1 saturated carbocycles. The van der Waals surface area contributed by atoms with Crippen molar-refractivity contribution < 1.29 is 14.6 Å². The molecule has 1 aliphatic carbocycles. The Morgan fingerprint density at radius 1 is 1.19 bits per heavy atom. The predicted octanol–water partition coefficient (Wildman–Crippen LogP) is 3.11. The van der Waals surface area contributed by atoms with Gasteiger partial charge in [0.1, 0.15) is 5.75 Å². The Balaban J connectivity index is 1.47. The summed E-state index contributed by atoms with van der Waals surface area (Å²) in [5.41, 5.74) is -0.158. The second-order valence-electron chi connectivity index (χ2n) is 8.17. The van der Waals surface area contributed by atoms with Crippen molar-refractivity contribution >= 4 is 5.91 Å². The molecule has 0 radical (unpaired) electrons. The Kier molecular flexibility index (Phi) is 7.13. The maximum absolute atomic E-state index is 12.9. The minimum Gasteiger partial charge on any atom is -0.497 e. The summed E-state index contributed by atoms with van der Waals surface area (Å²) < 4.78 is 5.17. The lowest BCUT2D eigenvalue weighted by Crippen LogP contribution is -2.58. The summed E-state index contributed by atoms with van der Waals surface area (Å²) in [7, 11) is 1.65. The van der Waals surface area contributed by atoms with Crippen molar-refractivity contribution in [3.63, 3.8) is 0 Å². The summed E-state index contributed by atoms with van der Waals surface area (Å²) in [5, 5.41) is 14.2. The molecule has 27 heavy (non-hydrogen) atoms. The van der Waals surface area contributed by atoms with Crippen LogP contribution in [0.15, 0.2) is 24.3 Å². The van der Waals surface area contributed by atoms with Gasteiger partial charge in [-0.3, -0.25) is 4.79 Å². The standard InChI is InChI=1S/C22H34N2O3/c1-27-20-10-8-19(9-11-20)16-23-17-22(26)13-5-14-24(21(22)25)15-12-18-6-3-2-4-7-18/h8-11,18,23,26H,2-7,12-17H2,1H3. The Bertz CT molecular complexity index is 598. The summed E-state index contributed by atoms with van der Waals surface area (Å²) in [4.78, 5) is 14.8. The minimum absolute atomic E-state index is 0.0909. The van der Waals surface area contributed by atoms with Crippen molar-refractivity contribution in [1.29, 1.82) is 0 Å². The van der Waals surface area contributed by atoms with E-state index in [1.807, 2.05) is 29.2 Å². The topological polar surface area (TPSA) is 61.8 Å². The molecule has 1 atom stereocenters. The van der Waals surface area contributed by atoms with E-state index in [0.29, 0.717) is 19.5 Å². The number of likely N-dealkylation sites (tertiary alicyclic amines) is 1. The molecule has 1 aromatic carbocycles. The van der Waals surface area contributed by atoms with Crippen LogP contribution in [-0.2, 0) is 11.3 Å². The molecule has 0 bridgehead atoms. The highest BCUT2D eigenvalue weighted by Crippen LogP contribution is 2.28. The zero-order valence-electron chi connectivity index (χ0n) is 16.6. The van der Waals surface area contributed by atoms with Crippen LogP contribution in [0.25, 0.3) is 0 Å². The van der Waals surface area contributed by atoms with Crippen molar-refractivity contribution in [2.24, 2.45) is 5.92 Å². The van der Waals surface area contributed by atoms with Gasteiger partial charge < -0.3 is 20.1 Å². The lowest BCUT2D eigenvalue weighted by molar-refractivity contribution is -0.156. The molecule has 0 spiro atoms. The van der Waals surface area contributed by atoms with Gasteiger partial charge in [-0.2, -0.15) is 0 Å². The zero-order valence-corrected chi connectivity index (χ0v) is 16.6. The van der Waals surface area contributed by atoms with Gasteiger partial charge in [0, 0.05) is 26.2 Å². The van der Waals surface area contributed by atoms with Crippen molar-refractivity contribution in [3.8, 4) is 5.75 Å². The first-order chi connectivity index (χ1) is 13.1. The number of amides is 1. The summed E-state index contributed by atoms with van der Waals surface area (Å²) >= 11 is 0. The van der Waals surface area contributed by atoms with Crippen LogP contribution in [0, 0.1) is 5.92 Å². The van der Waals surface area contributed by atoms with E-state index in [0.717, 1.165) is 43.2 Å². The Hall–Kier alpha value is -1.59. The molecule has 5 nitrogen and oxygen atoms in total. The number of ether oxygens (including phenoxy) is 1. The van der Waals surface area contributed by atoms with Gasteiger partial charge in [-0.1, -0.05) is 44.2 Å². The van der Waals surface area contributed by atoms with E-state index < -0.39 is 5.60 Å². The van der Waals surface area contributed by atoms with Gasteiger partial charge >= 0.3 is 0 Å². The lowest BCUT2D eigenvalue weighted by atomic mass is 9.86. The number of hydrogen-bond donors (Lipinski definition) is 2. The smallest absolute Gasteiger partial charge is 0.255 e. The average molecular weight is 375 g/mol. The number of methoxy groups -OCH3 is 1. The maximum Gasteiger partial charge on any atom is 0.255 e. The third-order valence-corrected chi connectivity index (χ3v) is 6.14. The minimum atomic E-state index is -1.27. The predicted molar refractivity (Wildman–Crippen MR) is 107 cm³/mol. The number of benzene rings is 1. The fraction of sp³-hybridized carbons (Fsp3) is 0.682. The van der Waals surface area contributed by atoms with Crippen LogP contribution in [0.5, 0.6) is 5.75 Å². The van der Waals surface area contributed by atoms with Crippen LogP contribution in [0.3, 0.4) is 0 Å². The third-order valence-electron chi connectivity index (χ3n) is 6.14. The van der Waals surface area contributed by atoms with Crippen LogP contribution in [0.4, 0.5) is 0 Å². The van der Waals surface area contributed by atoms with E-state index in [4.69, 9.17) is 4.74 Å². The van der Waals surface area contributed by atoms with E-state index in [1.165, 1.54) is 32.1 Å². The highest BCUT2D eigenvalue weighted by atomic mass is 16.5. The number of aliphatic hydroxyl groups is 1. The first kappa shape index (κ1) is 20.2. The molecule has 2 fully saturated rings. The van der Waals surface area contributed by atoms with E-state index in [1.54, 1.807) is 7.11 Å². The average Bonchev–Trinajstić information content (AvgIpc) is 2.70. The third kappa shape index (κ3) is 5.45. The first-order valence-corrected chi connectivity index (χ1v) is 10.5. The van der Waals surface area contributed by atoms with Crippen molar-refractivity contribution in [2.75, 3.05) is 26.7 Å². The second kappa shape index (κ2) is 9.56. The number of carbonyl (C=O) groups is 1. The molecule has 150 valence electrons. The van der Waals surface area contributed by atoms with Crippen molar-refractivity contribution in [1.82, 2.24) is 10.2 Å². The Morgan fingerprint density at radius 2 is 1.93 bits per heavy atom. The highest BCUT2D eigenvalue weighted by Gasteiger charge is 2.41. The second-order valence-corrected chi connectivity index (χ2v) is 8.17. The van der Waals surface area contributed by atoms with Gasteiger partial charge in [0.25, 0.3) is 5.91 Å². The van der Waals surface area contributed by atoms with Crippen LogP contribution in [-0.4, -0.2) is 48.3 Å². The monoisotopic (exact) mass is 374 g/mol. The normalized spacial score (nSPS) is 24.2. The molecule has 2 N–H and O–H groups in total. The number of nitrogens with zero attached hydrogens (tertiary/aromatic N) is 1. The molecule has 3 rings (SSSR count). The first-order valence-electron chi connectivity index (χ1n) is 10.5. The fourth-order valence-electron chi connectivity index (χ4n) is 4.41. The lowest BCUT2D eigenvalue weighted by Gasteiger charge is -2.39. The van der Waals surface area contributed by atoms with Gasteiger partial charge in [-0.05, 0) is 42.9 Å². The molecule has 1 aromatic rings. The van der Waals surface area contributed by atoms with Crippen molar-refractivity contribution in [2.45, 2.75) is 63.5 Å². The zero-order chi connectivity index (χ0) is 19.1. The van der Waals surface area contributed by atoms with E-state index >= 15 is 0 Å². The summed E-state index contributed by atoms with van der Waals surface area (Å²) in [6.07, 6.45) is 9.12. The largest absolute Gasteiger partial charge is 0.497 e. The van der Waals surface area contributed by atoms with Gasteiger partial charge in [0.05, 0.1) is 7.11 Å². The highest BCUT2D eigenvalue weighted by molar-refractivity contribution is 5.86. The molecule has 1 amide bonds. The van der Waals surface area contributed by atoms with Crippen molar-refractivity contribution in [3.05, 3.63) is 29.8 Å². The number of hydrogen-bond acceptors (Lipinski definition) is 4. The molecule has 1 saturated heterocycles. The summed E-state index contributed by atoms with van der Waals surface area (Å²) in [6.45, 7) is 2.51. The van der Waals surface area contributed by atoms with Crippen LogP contribution >= 0.6 is 0 Å². The number of rotatable bonds is 8. The van der Waals surface area contributed by atoms with Gasteiger partial charge in [0.15, 0.2) is 5.60 Å². The Labute approximate surface area is 163 Å². The number of nitrogens with one attached hydrogen (secondary N) is 1. The number of piperidine rings is 1. The fourth-order valence-corrected chi connectivity index (χ4v) is 4.41. The van der Waals surface area contributed by atoms with E-state index in [-0.39, 0.29) is 5.91 Å². The number of carbonyl (C=O) groups excluding carboxylic acids is 1. The SMILES string of the molecule is COc1ccc(CNCC2(O)CCCN(CCC3CCCCC3)C2=O)cc1. The molecule has 5 heteroatoms. The maximum atomic E-state index is 12.9. The quantitative estimate of drug-likeness (QED) is 0.734. The molecule has 1 aliphatic heterocycles. The van der Waals surface area contributed by atoms with Crippen LogP contribution in [0.1, 0.15) is 56.9 Å². The van der Waals surface area contributed by atoms with Crippen LogP contribution in [0.2, 0.25) is 0 Å². The van der Waals surface area contributed by atoms with E-state index in [9.17, 15) is 9.90 Å². The summed E-state index contributed by atoms with van der Waals surface area (Å²) in [5.74, 6) is 1.50. The van der Waals surface area contributed by atoms with Gasteiger partial charge in [-0.25, -0.2) is 0 Å². The Morgan fingerprint density at radius 3 is 2.63 bits per heavy atom. The molecule has 1 unspecified atom stereocenters. The molecular formula is C22H34N2O3. The van der Waals surface area contributed by atoms with Gasteiger partial charge in [-0.15, -0.1) is 0 Å². The van der Waals surface area contributed by atoms with Crippen LogP contribution < -0.4 is 10.1 Å². The molecular weight excluding hydrogens is 340 g/mol.